The molecular weight excluding hydrogens is 266 g/mol. The number of imidazole rings is 1. The van der Waals surface area contributed by atoms with Crippen molar-refractivity contribution in [2.24, 2.45) is 0 Å². The van der Waals surface area contributed by atoms with Crippen LogP contribution in [-0.4, -0.2) is 36.0 Å². The van der Waals surface area contributed by atoms with Gasteiger partial charge < -0.3 is 10.1 Å². The van der Waals surface area contributed by atoms with E-state index in [1.165, 1.54) is 30.4 Å². The molecule has 8 heteroatoms. The van der Waals surface area contributed by atoms with Gasteiger partial charge in [-0.3, -0.25) is 0 Å². The molecule has 0 aliphatic carbocycles. The van der Waals surface area contributed by atoms with E-state index in [1.807, 2.05) is 0 Å². The van der Waals surface area contributed by atoms with E-state index in [0.29, 0.717) is 15.7 Å². The molecule has 0 unspecified atom stereocenters. The Hall–Kier alpha value is -2.48. The smallest absolute Gasteiger partial charge is 0.337 e. The summed E-state index contributed by atoms with van der Waals surface area (Å²) in [5.74, 6) is -0.998. The second-order valence-corrected chi connectivity index (χ2v) is 4.58. The summed E-state index contributed by atoms with van der Waals surface area (Å²) in [7, 11) is 0. The van der Waals surface area contributed by atoms with Crippen LogP contribution in [0, 0.1) is 0 Å². The number of aromatic carboxylic acids is 1. The molecule has 3 heterocycles. The molecule has 3 aromatic heterocycles. The van der Waals surface area contributed by atoms with E-state index in [-0.39, 0.29) is 5.56 Å². The Morgan fingerprint density at radius 1 is 1.21 bits per heavy atom. The molecule has 0 fully saturated rings. The van der Waals surface area contributed by atoms with Crippen molar-refractivity contribution in [3.8, 4) is 0 Å². The van der Waals surface area contributed by atoms with Crippen LogP contribution in [0.25, 0.3) is 11.2 Å². The van der Waals surface area contributed by atoms with Gasteiger partial charge in [-0.1, -0.05) is 0 Å². The zero-order valence-corrected chi connectivity index (χ0v) is 10.3. The maximum Gasteiger partial charge on any atom is 0.337 e. The highest BCUT2D eigenvalue weighted by Crippen LogP contribution is 2.27. The summed E-state index contributed by atoms with van der Waals surface area (Å²) < 4.78 is 0. The first-order valence-electron chi connectivity index (χ1n) is 5.25. The standard InChI is InChI=1S/C11H7N5O2S/c17-11(18)6-1-2-7(12-3-6)19-10-8-9(14-4-13-8)15-5-16-10/h1-5H,(H,17,18)(H,13,14,15,16). The molecule has 0 atom stereocenters. The van der Waals surface area contributed by atoms with Crippen molar-refractivity contribution in [1.29, 1.82) is 0 Å². The zero-order chi connectivity index (χ0) is 13.2. The summed E-state index contributed by atoms with van der Waals surface area (Å²) in [6.07, 6.45) is 4.29. The number of hydrogen-bond acceptors (Lipinski definition) is 6. The van der Waals surface area contributed by atoms with E-state index in [0.717, 1.165) is 5.52 Å². The Morgan fingerprint density at radius 2 is 2.11 bits per heavy atom. The van der Waals surface area contributed by atoms with Gasteiger partial charge in [-0.2, -0.15) is 0 Å². The van der Waals surface area contributed by atoms with Crippen molar-refractivity contribution in [1.82, 2.24) is 24.9 Å². The second-order valence-electron chi connectivity index (χ2n) is 3.57. The van der Waals surface area contributed by atoms with Gasteiger partial charge in [-0.05, 0) is 23.9 Å². The van der Waals surface area contributed by atoms with Crippen molar-refractivity contribution < 1.29 is 9.90 Å². The van der Waals surface area contributed by atoms with Crippen molar-refractivity contribution in [3.05, 3.63) is 36.5 Å². The van der Waals surface area contributed by atoms with Gasteiger partial charge in [0.05, 0.1) is 11.9 Å². The summed E-state index contributed by atoms with van der Waals surface area (Å²) in [6.45, 7) is 0. The first-order valence-corrected chi connectivity index (χ1v) is 6.07. The SMILES string of the molecule is O=C(O)c1ccc(Sc2ncnc3nc[nH]c23)nc1. The van der Waals surface area contributed by atoms with Crippen LogP contribution in [0.2, 0.25) is 0 Å². The average molecular weight is 273 g/mol. The molecule has 3 rings (SSSR count). The molecule has 0 aromatic carbocycles. The van der Waals surface area contributed by atoms with Crippen LogP contribution in [-0.2, 0) is 0 Å². The fourth-order valence-corrected chi connectivity index (χ4v) is 2.28. The van der Waals surface area contributed by atoms with E-state index in [2.05, 4.69) is 24.9 Å². The first kappa shape index (κ1) is 11.6. The van der Waals surface area contributed by atoms with Gasteiger partial charge in [0.1, 0.15) is 21.9 Å². The van der Waals surface area contributed by atoms with E-state index < -0.39 is 5.97 Å². The fraction of sp³-hybridized carbons (Fsp3) is 0. The predicted octanol–water partition coefficient (Wildman–Crippen LogP) is 1.60. The summed E-state index contributed by atoms with van der Waals surface area (Å²) in [4.78, 5) is 30.0. The third-order valence-electron chi connectivity index (χ3n) is 2.37. The van der Waals surface area contributed by atoms with Crippen LogP contribution < -0.4 is 0 Å². The lowest BCUT2D eigenvalue weighted by Crippen LogP contribution is -1.96. The molecule has 0 aliphatic rings. The number of carbonyl (C=O) groups is 1. The van der Waals surface area contributed by atoms with Crippen LogP contribution >= 0.6 is 11.8 Å². The highest BCUT2D eigenvalue weighted by Gasteiger charge is 2.09. The molecule has 2 N–H and O–H groups in total. The van der Waals surface area contributed by atoms with Crippen molar-refractivity contribution >= 4 is 28.9 Å². The Morgan fingerprint density at radius 3 is 2.84 bits per heavy atom. The average Bonchev–Trinajstić information content (AvgIpc) is 2.89. The number of pyridine rings is 1. The van der Waals surface area contributed by atoms with Crippen LogP contribution in [0.5, 0.6) is 0 Å². The molecule has 3 aromatic rings. The number of aromatic amines is 1. The van der Waals surface area contributed by atoms with Gasteiger partial charge in [0.2, 0.25) is 0 Å². The minimum Gasteiger partial charge on any atom is -0.478 e. The Balaban J connectivity index is 1.92. The van der Waals surface area contributed by atoms with Gasteiger partial charge in [0, 0.05) is 6.20 Å². The van der Waals surface area contributed by atoms with E-state index >= 15 is 0 Å². The summed E-state index contributed by atoms with van der Waals surface area (Å²) in [5, 5.41) is 10.1. The normalized spacial score (nSPS) is 10.7. The van der Waals surface area contributed by atoms with Crippen LogP contribution in [0.1, 0.15) is 10.4 Å². The van der Waals surface area contributed by atoms with Crippen molar-refractivity contribution in [2.45, 2.75) is 10.1 Å². The van der Waals surface area contributed by atoms with Gasteiger partial charge >= 0.3 is 5.97 Å². The quantitative estimate of drug-likeness (QED) is 0.698. The second kappa shape index (κ2) is 4.65. The lowest BCUT2D eigenvalue weighted by atomic mass is 10.3. The molecule has 0 aliphatic heterocycles. The molecule has 94 valence electrons. The van der Waals surface area contributed by atoms with Gasteiger partial charge in [0.15, 0.2) is 5.65 Å². The number of rotatable bonds is 3. The molecular formula is C11H7N5O2S. The number of carboxylic acids is 1. The lowest BCUT2D eigenvalue weighted by molar-refractivity contribution is 0.0696. The Bertz CT molecular complexity index is 740. The minimum atomic E-state index is -0.998. The van der Waals surface area contributed by atoms with Crippen molar-refractivity contribution in [3.63, 3.8) is 0 Å². The molecule has 19 heavy (non-hydrogen) atoms. The molecule has 0 bridgehead atoms. The minimum absolute atomic E-state index is 0.152. The largest absolute Gasteiger partial charge is 0.478 e. The third-order valence-corrected chi connectivity index (χ3v) is 3.33. The van der Waals surface area contributed by atoms with E-state index in [4.69, 9.17) is 5.11 Å². The maximum atomic E-state index is 10.7. The summed E-state index contributed by atoms with van der Waals surface area (Å²) in [5.41, 5.74) is 1.47. The number of nitrogens with zero attached hydrogens (tertiary/aromatic N) is 4. The number of hydrogen-bond donors (Lipinski definition) is 2. The van der Waals surface area contributed by atoms with Gasteiger partial charge in [0.25, 0.3) is 0 Å². The van der Waals surface area contributed by atoms with Crippen LogP contribution in [0.3, 0.4) is 0 Å². The zero-order valence-electron chi connectivity index (χ0n) is 9.44. The molecule has 0 saturated carbocycles. The first-order chi connectivity index (χ1) is 9.24. The maximum absolute atomic E-state index is 10.7. The van der Waals surface area contributed by atoms with Crippen LogP contribution in [0.4, 0.5) is 0 Å². The Kier molecular flexibility index (Phi) is 2.84. The summed E-state index contributed by atoms with van der Waals surface area (Å²) in [6, 6.07) is 3.14. The molecule has 0 amide bonds. The number of nitrogens with one attached hydrogen (secondary N) is 1. The monoisotopic (exact) mass is 273 g/mol. The fourth-order valence-electron chi connectivity index (χ4n) is 1.49. The molecule has 0 radical (unpaired) electrons. The third kappa shape index (κ3) is 2.25. The molecule has 0 saturated heterocycles. The highest BCUT2D eigenvalue weighted by atomic mass is 32.2. The van der Waals surface area contributed by atoms with Gasteiger partial charge in [-0.25, -0.2) is 24.7 Å². The topological polar surface area (TPSA) is 105 Å². The van der Waals surface area contributed by atoms with E-state index in [1.54, 1.807) is 12.4 Å². The number of carboxylic acid groups (broad SMARTS) is 1. The predicted molar refractivity (Wildman–Crippen MR) is 67.0 cm³/mol. The lowest BCUT2D eigenvalue weighted by Gasteiger charge is -2.01. The molecule has 7 nitrogen and oxygen atoms in total. The number of aromatic nitrogens is 5. The van der Waals surface area contributed by atoms with Crippen LogP contribution in [0.15, 0.2) is 41.0 Å². The highest BCUT2D eigenvalue weighted by molar-refractivity contribution is 7.99. The van der Waals surface area contributed by atoms with Crippen molar-refractivity contribution in [2.75, 3.05) is 0 Å². The molecule has 0 spiro atoms. The summed E-state index contributed by atoms with van der Waals surface area (Å²) >= 11 is 1.32. The van der Waals surface area contributed by atoms with Gasteiger partial charge in [-0.15, -0.1) is 0 Å². The Labute approximate surface area is 111 Å². The van der Waals surface area contributed by atoms with E-state index in [9.17, 15) is 4.79 Å². The number of fused-ring (bicyclic) bond motifs is 1. The number of H-pyrrole nitrogens is 1.